The van der Waals surface area contributed by atoms with Crippen LogP contribution in [0.1, 0.15) is 95.8 Å². The number of aromatic nitrogens is 3. The molecule has 328 valence electrons. The van der Waals surface area contributed by atoms with Crippen molar-refractivity contribution in [3.05, 3.63) is 71.3 Å². The maximum Gasteiger partial charge on any atom is 0.324 e. The van der Waals surface area contributed by atoms with Crippen LogP contribution >= 0.6 is 11.8 Å². The van der Waals surface area contributed by atoms with E-state index in [9.17, 15) is 14.4 Å². The van der Waals surface area contributed by atoms with Gasteiger partial charge in [0, 0.05) is 85.7 Å². The molecule has 2 N–H and O–H groups in total. The van der Waals surface area contributed by atoms with E-state index in [1.807, 2.05) is 53.1 Å². The van der Waals surface area contributed by atoms with Gasteiger partial charge < -0.3 is 24.1 Å². The van der Waals surface area contributed by atoms with Crippen LogP contribution in [0.4, 0.5) is 0 Å². The molecule has 7 rings (SSSR count). The molecule has 3 aromatic rings. The number of hydrogen-bond donors (Lipinski definition) is 2. The summed E-state index contributed by atoms with van der Waals surface area (Å²) < 4.78 is 22.4. The molecule has 3 aliphatic heterocycles. The van der Waals surface area contributed by atoms with Gasteiger partial charge in [-0.05, 0) is 82.2 Å². The van der Waals surface area contributed by atoms with Gasteiger partial charge in [0.1, 0.15) is 23.2 Å². The second-order valence-electron chi connectivity index (χ2n) is 17.4. The number of hydrazine groups is 1. The average Bonchev–Trinajstić information content (AvgIpc) is 3.59. The van der Waals surface area contributed by atoms with Crippen LogP contribution < -0.4 is 10.7 Å². The van der Waals surface area contributed by atoms with E-state index in [4.69, 9.17) is 24.2 Å². The van der Waals surface area contributed by atoms with Crippen LogP contribution in [0, 0.1) is 17.3 Å². The molecule has 2 fully saturated rings. The van der Waals surface area contributed by atoms with Crippen molar-refractivity contribution in [3.63, 3.8) is 0 Å². The fourth-order valence-corrected chi connectivity index (χ4v) is 10.4. The number of esters is 1. The first-order valence-electron chi connectivity index (χ1n) is 21.6. The summed E-state index contributed by atoms with van der Waals surface area (Å²) >= 11 is 1.55. The van der Waals surface area contributed by atoms with Gasteiger partial charge in [0.2, 0.25) is 5.91 Å². The van der Waals surface area contributed by atoms with E-state index in [1.54, 1.807) is 29.8 Å². The van der Waals surface area contributed by atoms with Gasteiger partial charge in [-0.3, -0.25) is 34.1 Å². The van der Waals surface area contributed by atoms with Crippen molar-refractivity contribution >= 4 is 57.3 Å². The Balaban J connectivity index is 1.35. The quantitative estimate of drug-likeness (QED) is 0.131. The minimum Gasteiger partial charge on any atom is -0.464 e. The molecular weight excluding hydrogens is 793 g/mol. The molecule has 1 saturated heterocycles. The van der Waals surface area contributed by atoms with Crippen LogP contribution in [0.5, 0.6) is 0 Å². The molecule has 1 unspecified atom stereocenters. The highest BCUT2D eigenvalue weighted by Gasteiger charge is 2.55. The Kier molecular flexibility index (Phi) is 13.4. The molecule has 5 heterocycles. The average molecular weight is 855 g/mol. The number of carbonyl (C=O) groups is 3. The molecule has 1 aromatic carbocycles. The molecule has 61 heavy (non-hydrogen) atoms. The maximum absolute atomic E-state index is 14.8. The summed E-state index contributed by atoms with van der Waals surface area (Å²) in [4.78, 5) is 53.0. The van der Waals surface area contributed by atoms with Crippen molar-refractivity contribution in [2.75, 3.05) is 32.6 Å². The summed E-state index contributed by atoms with van der Waals surface area (Å²) in [5.41, 5.74) is 9.37. The van der Waals surface area contributed by atoms with Crippen LogP contribution in [0.3, 0.4) is 0 Å². The number of aryl methyl sites for hydroxylation is 2. The van der Waals surface area contributed by atoms with Crippen molar-refractivity contribution in [1.82, 2.24) is 30.1 Å². The highest BCUT2D eigenvalue weighted by atomic mass is 32.2. The Hall–Kier alpha value is -4.57. The topological polar surface area (TPSA) is 154 Å². The van der Waals surface area contributed by atoms with Crippen molar-refractivity contribution in [2.45, 2.75) is 111 Å². The zero-order chi connectivity index (χ0) is 43.7. The number of allylic oxidation sites excluding steroid dienone is 2. The molecule has 0 spiro atoms. The number of hydrogen-bond acceptors (Lipinski definition) is 11. The lowest BCUT2D eigenvalue weighted by Gasteiger charge is -2.37. The number of rotatable bonds is 11. The van der Waals surface area contributed by atoms with E-state index >= 15 is 0 Å². The summed E-state index contributed by atoms with van der Waals surface area (Å²) in [7, 11) is 3.54. The van der Waals surface area contributed by atoms with Gasteiger partial charge in [-0.2, -0.15) is 5.10 Å². The maximum atomic E-state index is 14.8. The fourth-order valence-electron chi connectivity index (χ4n) is 9.26. The van der Waals surface area contributed by atoms with E-state index in [1.165, 1.54) is 5.01 Å². The lowest BCUT2D eigenvalue weighted by molar-refractivity contribution is -0.156. The molecule has 4 aliphatic rings. The van der Waals surface area contributed by atoms with Crippen LogP contribution in [-0.2, 0) is 48.6 Å². The highest BCUT2D eigenvalue weighted by molar-refractivity contribution is 8.14. The number of carbonyl (C=O) groups excluding carboxylic acids is 3. The fraction of sp³-hybridized carbons (Fsp3) is 0.565. The predicted octanol–water partition coefficient (Wildman–Crippen LogP) is 6.16. The largest absolute Gasteiger partial charge is 0.464 e. The number of methoxy groups -OCH3 is 1. The van der Waals surface area contributed by atoms with Gasteiger partial charge in [0.05, 0.1) is 35.8 Å². The summed E-state index contributed by atoms with van der Waals surface area (Å²) in [6, 6.07) is 6.38. The lowest BCUT2D eigenvalue weighted by atomic mass is 9.84. The second-order valence-corrected chi connectivity index (χ2v) is 18.4. The van der Waals surface area contributed by atoms with Crippen molar-refractivity contribution in [3.8, 4) is 0 Å². The summed E-state index contributed by atoms with van der Waals surface area (Å²) in [5, 5.41) is 10.9. The predicted molar refractivity (Wildman–Crippen MR) is 240 cm³/mol. The molecule has 8 atom stereocenters. The second kappa shape index (κ2) is 18.4. The Morgan fingerprint density at radius 2 is 2.03 bits per heavy atom. The van der Waals surface area contributed by atoms with Gasteiger partial charge >= 0.3 is 5.97 Å². The van der Waals surface area contributed by atoms with Crippen LogP contribution in [0.2, 0.25) is 0 Å². The highest BCUT2D eigenvalue weighted by Crippen LogP contribution is 2.53. The van der Waals surface area contributed by atoms with Crippen molar-refractivity contribution in [2.24, 2.45) is 34.3 Å². The Morgan fingerprint density at radius 1 is 1.25 bits per heavy atom. The first-order valence-corrected chi connectivity index (χ1v) is 22.6. The lowest BCUT2D eigenvalue weighted by Crippen LogP contribution is -2.63. The molecule has 15 heteroatoms. The smallest absolute Gasteiger partial charge is 0.324 e. The third-order valence-corrected chi connectivity index (χ3v) is 13.6. The normalized spacial score (nSPS) is 27.7. The Bertz CT molecular complexity index is 2260. The van der Waals surface area contributed by atoms with E-state index in [-0.39, 0.29) is 54.9 Å². The monoisotopic (exact) mass is 854 g/mol. The van der Waals surface area contributed by atoms with E-state index in [0.717, 1.165) is 44.7 Å². The molecule has 0 radical (unpaired) electrons. The number of nitrogens with zero attached hydrogens (tertiary/aromatic N) is 6. The van der Waals surface area contributed by atoms with Gasteiger partial charge in [-0.15, -0.1) is 11.8 Å². The number of thioether (sulfide) groups is 1. The number of cyclic esters (lactones) is 1. The van der Waals surface area contributed by atoms with E-state index in [0.29, 0.717) is 43.1 Å². The van der Waals surface area contributed by atoms with Gasteiger partial charge in [0.15, 0.2) is 0 Å². The number of ether oxygens (including phenoxy) is 3. The van der Waals surface area contributed by atoms with Gasteiger partial charge in [-0.1, -0.05) is 39.5 Å². The zero-order valence-corrected chi connectivity index (χ0v) is 37.9. The third-order valence-electron chi connectivity index (χ3n) is 12.5. The summed E-state index contributed by atoms with van der Waals surface area (Å²) in [6.07, 6.45) is 6.00. The number of nitrogens with one attached hydrogen (secondary N) is 2. The molecular formula is C46H62N8O6S. The molecule has 1 saturated carbocycles. The SMILES string of the molecule is C=C/C(=C(\N=CC)[C@H](C)OC)c1c2c3cc(ccc3n1CC)C1CSC(=N1)[C@@H](OCC)[C@H](NC(=O)[C@@H]1[C@@H](C)[C@H]1c1ccn(C)n1)C(=O)N1CCC[C@H](N1)C(=O)OCC(C)(C)C2. The number of fused-ring (bicyclic) bond motifs is 5. The number of amides is 2. The molecule has 1 aliphatic carbocycles. The Morgan fingerprint density at radius 3 is 2.70 bits per heavy atom. The molecule has 2 aromatic heterocycles. The number of aliphatic imine (C=N–C) groups is 2. The zero-order valence-electron chi connectivity index (χ0n) is 37.1. The van der Waals surface area contributed by atoms with Crippen molar-refractivity contribution < 1.29 is 28.6 Å². The summed E-state index contributed by atoms with van der Waals surface area (Å²) in [6.45, 7) is 19.9. The van der Waals surface area contributed by atoms with Gasteiger partial charge in [-0.25, -0.2) is 5.43 Å². The van der Waals surface area contributed by atoms with Gasteiger partial charge in [0.25, 0.3) is 5.91 Å². The van der Waals surface area contributed by atoms with E-state index in [2.05, 4.69) is 66.0 Å². The van der Waals surface area contributed by atoms with Crippen molar-refractivity contribution in [1.29, 1.82) is 0 Å². The molecule has 2 amide bonds. The number of benzene rings is 1. The van der Waals surface area contributed by atoms with Crippen LogP contribution in [0.15, 0.2) is 58.8 Å². The minimum absolute atomic E-state index is 0.0455. The first kappa shape index (κ1) is 44.5. The molecule has 6 bridgehead atoms. The third kappa shape index (κ3) is 8.89. The molecule has 14 nitrogen and oxygen atoms in total. The Labute approximate surface area is 363 Å². The van der Waals surface area contributed by atoms with Crippen LogP contribution in [-0.4, -0.2) is 105 Å². The first-order chi connectivity index (χ1) is 29.2. The van der Waals surface area contributed by atoms with E-state index < -0.39 is 29.6 Å². The standard InChI is InChI=1S/C46H62N8O6S/c1-11-29(38(47-12-2)27(6)58-10)40-31-23-46(7,8)25-60-45(57)33-16-15-20-54(51-33)44(56)39(49-42(55)37-26(5)36(37)32-19-21-52(9)50-32)41(59-14-4)43-48-34(24-61-43)28-17-18-35(30(31)22-28)53(40)13-3/h11-12,17-19,21-22,26-27,33-34,36-37,39,41,51H,1,13-16,20,23-25H2,2-10H3,(H,49,55)/b38-29+,47-12?/t26-,27-,33-,34?,36-,37+,39-,41-/m0/s1. The van der Waals surface area contributed by atoms with Crippen LogP contribution in [0.25, 0.3) is 16.5 Å². The minimum atomic E-state index is -1.11. The summed E-state index contributed by atoms with van der Waals surface area (Å²) in [5.74, 6) is -0.799.